The molecule has 0 spiro atoms. The molecule has 2 aliphatic heterocycles. The number of oxime groups is 1. The summed E-state index contributed by atoms with van der Waals surface area (Å²) in [6.07, 6.45) is 1.46. The Kier molecular flexibility index (Phi) is 4.68. The van der Waals surface area contributed by atoms with Crippen molar-refractivity contribution in [2.24, 2.45) is 5.16 Å². The molecular formula is C20H18Cl2N2O4S. The molecule has 0 saturated carbocycles. The highest BCUT2D eigenvalue weighted by Crippen LogP contribution is 2.50. The van der Waals surface area contributed by atoms with Crippen LogP contribution in [-0.2, 0) is 19.4 Å². The first kappa shape index (κ1) is 20.2. The minimum Gasteiger partial charge on any atom is -0.504 e. The van der Waals surface area contributed by atoms with Crippen molar-refractivity contribution in [3.8, 4) is 0 Å². The molecule has 4 rings (SSSR count). The summed E-state index contributed by atoms with van der Waals surface area (Å²) in [5.41, 5.74) is 2.01. The summed E-state index contributed by atoms with van der Waals surface area (Å²) in [5, 5.41) is 15.3. The Labute approximate surface area is 178 Å². The molecular weight excluding hydrogens is 435 g/mol. The highest BCUT2D eigenvalue weighted by Gasteiger charge is 2.48. The van der Waals surface area contributed by atoms with E-state index in [2.05, 4.69) is 10.1 Å². The van der Waals surface area contributed by atoms with Gasteiger partial charge in [0.05, 0.1) is 15.5 Å². The number of nitrogens with zero attached hydrogens (tertiary/aromatic N) is 2. The molecule has 29 heavy (non-hydrogen) atoms. The van der Waals surface area contributed by atoms with Gasteiger partial charge in [-0.3, -0.25) is 4.98 Å². The molecule has 2 aliphatic rings. The molecule has 1 N–H and O–H groups in total. The molecule has 152 valence electrons. The van der Waals surface area contributed by atoms with Crippen molar-refractivity contribution < 1.29 is 18.4 Å². The van der Waals surface area contributed by atoms with Crippen LogP contribution < -0.4 is 0 Å². The third-order valence-corrected chi connectivity index (χ3v) is 8.60. The van der Waals surface area contributed by atoms with E-state index in [4.69, 9.17) is 28.0 Å². The van der Waals surface area contributed by atoms with Gasteiger partial charge in [0, 0.05) is 34.3 Å². The zero-order valence-electron chi connectivity index (χ0n) is 15.9. The fraction of sp³-hybridized carbons (Fsp3) is 0.300. The summed E-state index contributed by atoms with van der Waals surface area (Å²) in [6, 6.07) is 6.32. The summed E-state index contributed by atoms with van der Waals surface area (Å²) in [7, 11) is -4.01. The van der Waals surface area contributed by atoms with Gasteiger partial charge in [-0.15, -0.1) is 0 Å². The highest BCUT2D eigenvalue weighted by atomic mass is 35.5. The minimum atomic E-state index is -4.01. The molecule has 0 aliphatic carbocycles. The molecule has 6 nitrogen and oxygen atoms in total. The van der Waals surface area contributed by atoms with Crippen molar-refractivity contribution in [3.05, 3.63) is 62.9 Å². The molecule has 0 bridgehead atoms. The Morgan fingerprint density at radius 1 is 1.24 bits per heavy atom. The predicted molar refractivity (Wildman–Crippen MR) is 114 cm³/mol. The maximum atomic E-state index is 13.5. The molecule has 1 aromatic heterocycles. The van der Waals surface area contributed by atoms with Gasteiger partial charge in [-0.2, -0.15) is 0 Å². The minimum absolute atomic E-state index is 0.104. The van der Waals surface area contributed by atoms with E-state index in [-0.39, 0.29) is 21.2 Å². The number of aliphatic hydroxyl groups is 1. The molecule has 0 radical (unpaired) electrons. The number of aromatic nitrogens is 1. The molecule has 0 saturated heterocycles. The van der Waals surface area contributed by atoms with Crippen molar-refractivity contribution in [2.75, 3.05) is 0 Å². The summed E-state index contributed by atoms with van der Waals surface area (Å²) < 4.78 is 25.8. The Balaban J connectivity index is 2.00. The lowest BCUT2D eigenvalue weighted by atomic mass is 9.97. The monoisotopic (exact) mass is 452 g/mol. The number of hydrogen-bond donors (Lipinski definition) is 1. The van der Waals surface area contributed by atoms with Gasteiger partial charge in [-0.05, 0) is 32.9 Å². The smallest absolute Gasteiger partial charge is 0.192 e. The Hall–Kier alpha value is -2.09. The van der Waals surface area contributed by atoms with Crippen molar-refractivity contribution in [1.82, 2.24) is 4.98 Å². The molecule has 9 heteroatoms. The van der Waals surface area contributed by atoms with Crippen molar-refractivity contribution >= 4 is 49.4 Å². The second-order valence-corrected chi connectivity index (χ2v) is 10.8. The third-order valence-electron chi connectivity index (χ3n) is 5.35. The number of fused-ring (bicyclic) bond motifs is 1. The standard InChI is InChI=1S/C20H18Cl2N2O4S/c1-10-9-14(28-24-10)15-13(21)7-6-11(16(15)22)19-18(25)17-12(5-4-8-23-17)20(2,3)29(19,26)27/h4-8,14,25H,9H2,1-3H3. The first-order valence-corrected chi connectivity index (χ1v) is 11.1. The van der Waals surface area contributed by atoms with Crippen LogP contribution in [0, 0.1) is 0 Å². The van der Waals surface area contributed by atoms with Gasteiger partial charge in [0.2, 0.25) is 0 Å². The Morgan fingerprint density at radius 2 is 1.97 bits per heavy atom. The maximum Gasteiger partial charge on any atom is 0.192 e. The number of pyridine rings is 1. The molecule has 2 aromatic rings. The summed E-state index contributed by atoms with van der Waals surface area (Å²) in [6.45, 7) is 4.98. The number of benzene rings is 1. The van der Waals surface area contributed by atoms with Gasteiger partial charge in [-0.1, -0.05) is 40.5 Å². The summed E-state index contributed by atoms with van der Waals surface area (Å²) in [5.74, 6) is -0.435. The van der Waals surface area contributed by atoms with Crippen LogP contribution in [0.5, 0.6) is 0 Å². The second-order valence-electron chi connectivity index (χ2n) is 7.54. The van der Waals surface area contributed by atoms with Crippen LogP contribution in [0.25, 0.3) is 10.7 Å². The largest absolute Gasteiger partial charge is 0.504 e. The van der Waals surface area contributed by atoms with Gasteiger partial charge in [0.1, 0.15) is 10.6 Å². The quantitative estimate of drug-likeness (QED) is 0.669. The zero-order valence-corrected chi connectivity index (χ0v) is 18.2. The van der Waals surface area contributed by atoms with Crippen molar-refractivity contribution in [3.63, 3.8) is 0 Å². The van der Waals surface area contributed by atoms with E-state index in [9.17, 15) is 13.5 Å². The molecule has 1 atom stereocenters. The molecule has 1 aromatic carbocycles. The van der Waals surface area contributed by atoms with E-state index in [1.165, 1.54) is 12.3 Å². The highest BCUT2D eigenvalue weighted by molar-refractivity contribution is 8.01. The second kappa shape index (κ2) is 6.72. The maximum absolute atomic E-state index is 13.5. The lowest BCUT2D eigenvalue weighted by Crippen LogP contribution is -2.35. The van der Waals surface area contributed by atoms with Gasteiger partial charge in [-0.25, -0.2) is 8.42 Å². The lowest BCUT2D eigenvalue weighted by Gasteiger charge is -2.33. The normalized spacial score (nSPS) is 22.1. The topological polar surface area (TPSA) is 88.8 Å². The van der Waals surface area contributed by atoms with Gasteiger partial charge < -0.3 is 9.94 Å². The SMILES string of the molecule is CC1=NOC(c2c(Cl)ccc(C3=C(O)c4ncccc4C(C)(C)S3(=O)=O)c2Cl)C1. The van der Waals surface area contributed by atoms with E-state index in [0.29, 0.717) is 22.6 Å². The van der Waals surface area contributed by atoms with E-state index in [0.717, 1.165) is 5.71 Å². The Bertz CT molecular complexity index is 1200. The van der Waals surface area contributed by atoms with Crippen LogP contribution in [0.2, 0.25) is 10.0 Å². The fourth-order valence-electron chi connectivity index (χ4n) is 3.68. The summed E-state index contributed by atoms with van der Waals surface area (Å²) in [4.78, 5) is 9.35. The van der Waals surface area contributed by atoms with Gasteiger partial charge in [0.25, 0.3) is 0 Å². The van der Waals surface area contributed by atoms with Crippen molar-refractivity contribution in [2.45, 2.75) is 38.0 Å². The van der Waals surface area contributed by atoms with Crippen LogP contribution in [-0.4, -0.2) is 24.2 Å². The molecule has 0 amide bonds. The lowest BCUT2D eigenvalue weighted by molar-refractivity contribution is 0.0858. The van der Waals surface area contributed by atoms with Crippen molar-refractivity contribution in [1.29, 1.82) is 0 Å². The predicted octanol–water partition coefficient (Wildman–Crippen LogP) is 5.27. The first-order chi connectivity index (χ1) is 13.6. The fourth-order valence-corrected chi connectivity index (χ4v) is 6.22. The molecule has 1 unspecified atom stereocenters. The van der Waals surface area contributed by atoms with Crippen LogP contribution in [0.1, 0.15) is 55.7 Å². The first-order valence-electron chi connectivity index (χ1n) is 8.88. The number of halogens is 2. The average Bonchev–Trinajstić information content (AvgIpc) is 3.08. The van der Waals surface area contributed by atoms with E-state index in [1.807, 2.05) is 6.92 Å². The third kappa shape index (κ3) is 2.86. The molecule has 0 fully saturated rings. The average molecular weight is 453 g/mol. The van der Waals surface area contributed by atoms with Gasteiger partial charge >= 0.3 is 0 Å². The number of rotatable bonds is 2. The zero-order chi connectivity index (χ0) is 21.1. The summed E-state index contributed by atoms with van der Waals surface area (Å²) >= 11 is 13.0. The van der Waals surface area contributed by atoms with E-state index in [1.54, 1.807) is 32.0 Å². The van der Waals surface area contributed by atoms with E-state index >= 15 is 0 Å². The van der Waals surface area contributed by atoms with Crippen LogP contribution >= 0.6 is 23.2 Å². The van der Waals surface area contributed by atoms with E-state index < -0.39 is 26.4 Å². The Morgan fingerprint density at radius 3 is 2.62 bits per heavy atom. The number of hydrogen-bond acceptors (Lipinski definition) is 6. The number of sulfone groups is 1. The van der Waals surface area contributed by atoms with Gasteiger partial charge in [0.15, 0.2) is 21.7 Å². The molecule has 3 heterocycles. The van der Waals surface area contributed by atoms with Crippen LogP contribution in [0.4, 0.5) is 0 Å². The van der Waals surface area contributed by atoms with Crippen LogP contribution in [0.15, 0.2) is 35.6 Å². The number of aliphatic hydroxyl groups excluding tert-OH is 1. The van der Waals surface area contributed by atoms with Crippen LogP contribution in [0.3, 0.4) is 0 Å².